The van der Waals surface area contributed by atoms with Gasteiger partial charge in [-0.25, -0.2) is 9.59 Å². The van der Waals surface area contributed by atoms with Crippen LogP contribution in [0.3, 0.4) is 0 Å². The number of benzene rings is 1. The molecule has 4 nitrogen and oxygen atoms in total. The first kappa shape index (κ1) is 16.0. The molecular formula is C16H20O4. The molecule has 0 N–H and O–H groups in total. The van der Waals surface area contributed by atoms with Gasteiger partial charge in [0.1, 0.15) is 6.10 Å². The van der Waals surface area contributed by atoms with Crippen LogP contribution in [0.1, 0.15) is 38.4 Å². The van der Waals surface area contributed by atoms with Crippen molar-refractivity contribution in [2.24, 2.45) is 0 Å². The summed E-state index contributed by atoms with van der Waals surface area (Å²) in [6.07, 6.45) is 3.30. The van der Waals surface area contributed by atoms with Crippen LogP contribution in [0.5, 0.6) is 0 Å². The molecular weight excluding hydrogens is 256 g/mol. The number of rotatable bonds is 7. The van der Waals surface area contributed by atoms with Crippen LogP contribution in [0.15, 0.2) is 42.5 Å². The molecule has 0 bridgehead atoms. The van der Waals surface area contributed by atoms with E-state index in [0.717, 1.165) is 24.1 Å². The third kappa shape index (κ3) is 5.69. The highest BCUT2D eigenvalue weighted by atomic mass is 16.5. The molecule has 0 fully saturated rings. The second kappa shape index (κ2) is 8.91. The molecule has 1 rings (SSSR count). The number of esters is 2. The highest BCUT2D eigenvalue weighted by Gasteiger charge is 2.12. The number of hydrogen-bond donors (Lipinski definition) is 0. The third-order valence-electron chi connectivity index (χ3n) is 2.60. The average Bonchev–Trinajstić information content (AvgIpc) is 2.49. The van der Waals surface area contributed by atoms with E-state index >= 15 is 0 Å². The summed E-state index contributed by atoms with van der Waals surface area (Å²) in [5, 5.41) is 0. The van der Waals surface area contributed by atoms with Gasteiger partial charge in [-0.15, -0.1) is 0 Å². The Morgan fingerprint density at radius 1 is 1.10 bits per heavy atom. The van der Waals surface area contributed by atoms with E-state index in [9.17, 15) is 9.59 Å². The van der Waals surface area contributed by atoms with Gasteiger partial charge < -0.3 is 9.47 Å². The standard InChI is InChI=1S/C16H20O4/c1-3-12-19-15(17)10-11-16(18)20-14(4-2)13-8-6-5-7-9-13/h5-11,14H,3-4,12H2,1-2H3/b11-10+. The summed E-state index contributed by atoms with van der Waals surface area (Å²) in [5.41, 5.74) is 0.935. The first-order valence-corrected chi connectivity index (χ1v) is 6.77. The van der Waals surface area contributed by atoms with E-state index in [0.29, 0.717) is 13.0 Å². The molecule has 0 radical (unpaired) electrons. The molecule has 1 aromatic carbocycles. The summed E-state index contributed by atoms with van der Waals surface area (Å²) in [4.78, 5) is 22.9. The van der Waals surface area contributed by atoms with Gasteiger partial charge >= 0.3 is 11.9 Å². The fourth-order valence-corrected chi connectivity index (χ4v) is 1.62. The van der Waals surface area contributed by atoms with E-state index in [1.807, 2.05) is 44.2 Å². The van der Waals surface area contributed by atoms with Crippen LogP contribution in [-0.2, 0) is 19.1 Å². The molecule has 1 atom stereocenters. The van der Waals surface area contributed by atoms with Crippen LogP contribution in [0.2, 0.25) is 0 Å². The second-order valence-electron chi connectivity index (χ2n) is 4.25. The smallest absolute Gasteiger partial charge is 0.331 e. The Balaban J connectivity index is 2.52. The molecule has 0 saturated heterocycles. The monoisotopic (exact) mass is 276 g/mol. The molecule has 1 unspecified atom stereocenters. The molecule has 0 aliphatic rings. The van der Waals surface area contributed by atoms with Crippen LogP contribution >= 0.6 is 0 Å². The molecule has 1 aromatic rings. The van der Waals surface area contributed by atoms with Gasteiger partial charge in [0.25, 0.3) is 0 Å². The van der Waals surface area contributed by atoms with Crippen molar-refractivity contribution in [2.45, 2.75) is 32.8 Å². The lowest BCUT2D eigenvalue weighted by molar-refractivity contribution is -0.144. The number of hydrogen-bond acceptors (Lipinski definition) is 4. The van der Waals surface area contributed by atoms with Crippen LogP contribution in [-0.4, -0.2) is 18.5 Å². The van der Waals surface area contributed by atoms with Gasteiger partial charge in [-0.3, -0.25) is 0 Å². The zero-order chi connectivity index (χ0) is 14.8. The van der Waals surface area contributed by atoms with Crippen molar-refractivity contribution >= 4 is 11.9 Å². The van der Waals surface area contributed by atoms with Gasteiger partial charge in [0, 0.05) is 12.2 Å². The summed E-state index contributed by atoms with van der Waals surface area (Å²) in [6, 6.07) is 9.50. The Morgan fingerprint density at radius 2 is 1.75 bits per heavy atom. The van der Waals surface area contributed by atoms with Crippen molar-refractivity contribution in [1.29, 1.82) is 0 Å². The molecule has 0 saturated carbocycles. The van der Waals surface area contributed by atoms with E-state index in [4.69, 9.17) is 9.47 Å². The minimum absolute atomic E-state index is 0.306. The lowest BCUT2D eigenvalue weighted by Gasteiger charge is -2.15. The summed E-state index contributed by atoms with van der Waals surface area (Å²) in [6.45, 7) is 4.18. The zero-order valence-electron chi connectivity index (χ0n) is 11.9. The Bertz CT molecular complexity index is 451. The molecule has 4 heteroatoms. The van der Waals surface area contributed by atoms with Crippen LogP contribution in [0, 0.1) is 0 Å². The topological polar surface area (TPSA) is 52.6 Å². The van der Waals surface area contributed by atoms with E-state index in [1.165, 1.54) is 0 Å². The molecule has 0 aliphatic heterocycles. The van der Waals surface area contributed by atoms with E-state index in [2.05, 4.69) is 0 Å². The largest absolute Gasteiger partial charge is 0.463 e. The third-order valence-corrected chi connectivity index (χ3v) is 2.60. The molecule has 108 valence electrons. The molecule has 0 aliphatic carbocycles. The van der Waals surface area contributed by atoms with Gasteiger partial charge in [0.2, 0.25) is 0 Å². The number of carbonyl (C=O) groups excluding carboxylic acids is 2. The van der Waals surface area contributed by atoms with E-state index in [-0.39, 0.29) is 6.10 Å². The predicted molar refractivity (Wildman–Crippen MR) is 76.0 cm³/mol. The van der Waals surface area contributed by atoms with Crippen molar-refractivity contribution in [3.63, 3.8) is 0 Å². The molecule has 0 aromatic heterocycles. The van der Waals surface area contributed by atoms with Crippen molar-refractivity contribution in [2.75, 3.05) is 6.61 Å². The van der Waals surface area contributed by atoms with Crippen LogP contribution in [0.25, 0.3) is 0 Å². The average molecular weight is 276 g/mol. The van der Waals surface area contributed by atoms with Gasteiger partial charge in [0.15, 0.2) is 0 Å². The van der Waals surface area contributed by atoms with Gasteiger partial charge in [-0.1, -0.05) is 44.2 Å². The van der Waals surface area contributed by atoms with Crippen molar-refractivity contribution < 1.29 is 19.1 Å². The predicted octanol–water partition coefficient (Wildman–Crippen LogP) is 3.19. The second-order valence-corrected chi connectivity index (χ2v) is 4.25. The van der Waals surface area contributed by atoms with Gasteiger partial charge in [0.05, 0.1) is 6.61 Å². The number of carbonyl (C=O) groups is 2. The maximum absolute atomic E-state index is 11.6. The Kier molecular flexibility index (Phi) is 7.11. The summed E-state index contributed by atoms with van der Waals surface area (Å²) in [5.74, 6) is -1.08. The van der Waals surface area contributed by atoms with Gasteiger partial charge in [-0.05, 0) is 18.4 Å². The first-order chi connectivity index (χ1) is 9.67. The quantitative estimate of drug-likeness (QED) is 0.567. The first-order valence-electron chi connectivity index (χ1n) is 6.77. The maximum Gasteiger partial charge on any atom is 0.331 e. The fraction of sp³-hybridized carbons (Fsp3) is 0.375. The van der Waals surface area contributed by atoms with Crippen molar-refractivity contribution in [1.82, 2.24) is 0 Å². The van der Waals surface area contributed by atoms with E-state index < -0.39 is 11.9 Å². The number of ether oxygens (including phenoxy) is 2. The van der Waals surface area contributed by atoms with Crippen molar-refractivity contribution in [3.8, 4) is 0 Å². The lowest BCUT2D eigenvalue weighted by atomic mass is 10.1. The highest BCUT2D eigenvalue weighted by Crippen LogP contribution is 2.20. The maximum atomic E-state index is 11.6. The minimum Gasteiger partial charge on any atom is -0.463 e. The normalized spacial score (nSPS) is 12.1. The van der Waals surface area contributed by atoms with Crippen molar-refractivity contribution in [3.05, 3.63) is 48.0 Å². The summed E-state index contributed by atoms with van der Waals surface area (Å²) >= 11 is 0. The highest BCUT2D eigenvalue weighted by molar-refractivity contribution is 5.91. The summed E-state index contributed by atoms with van der Waals surface area (Å²) in [7, 11) is 0. The molecule has 0 amide bonds. The Labute approximate surface area is 119 Å². The molecule has 20 heavy (non-hydrogen) atoms. The Morgan fingerprint density at radius 3 is 2.35 bits per heavy atom. The van der Waals surface area contributed by atoms with Crippen LogP contribution in [0.4, 0.5) is 0 Å². The lowest BCUT2D eigenvalue weighted by Crippen LogP contribution is -2.09. The zero-order valence-corrected chi connectivity index (χ0v) is 11.9. The van der Waals surface area contributed by atoms with Crippen LogP contribution < -0.4 is 0 Å². The summed E-state index contributed by atoms with van der Waals surface area (Å²) < 4.78 is 10.1. The Hall–Kier alpha value is -2.10. The van der Waals surface area contributed by atoms with E-state index in [1.54, 1.807) is 0 Å². The molecule has 0 heterocycles. The van der Waals surface area contributed by atoms with Gasteiger partial charge in [-0.2, -0.15) is 0 Å². The SMILES string of the molecule is CCCOC(=O)/C=C/C(=O)OC(CC)c1ccccc1. The molecule has 0 spiro atoms. The fourth-order valence-electron chi connectivity index (χ4n) is 1.62. The minimum atomic E-state index is -0.547.